The first-order chi connectivity index (χ1) is 7.72. The van der Waals surface area contributed by atoms with Crippen molar-refractivity contribution >= 4 is 0 Å². The maximum absolute atomic E-state index is 13.8. The van der Waals surface area contributed by atoms with Gasteiger partial charge in [-0.3, -0.25) is 0 Å². The Morgan fingerprint density at radius 2 is 2.25 bits per heavy atom. The molecule has 0 atom stereocenters. The lowest BCUT2D eigenvalue weighted by atomic mass is 10.1. The summed E-state index contributed by atoms with van der Waals surface area (Å²) in [5.74, 6) is 0.445. The van der Waals surface area contributed by atoms with Crippen molar-refractivity contribution in [3.63, 3.8) is 0 Å². The summed E-state index contributed by atoms with van der Waals surface area (Å²) in [5.41, 5.74) is 1.28. The van der Waals surface area contributed by atoms with Crippen molar-refractivity contribution < 1.29 is 9.50 Å². The third kappa shape index (κ3) is 1.97. The lowest BCUT2D eigenvalue weighted by Crippen LogP contribution is -2.00. The molecule has 3 nitrogen and oxygen atoms in total. The molecule has 0 saturated carbocycles. The van der Waals surface area contributed by atoms with Crippen molar-refractivity contribution in [2.45, 2.75) is 13.3 Å². The Morgan fingerprint density at radius 1 is 1.44 bits per heavy atom. The van der Waals surface area contributed by atoms with Crippen LogP contribution in [0.2, 0.25) is 0 Å². The fraction of sp³-hybridized carbons (Fsp3) is 0.250. The zero-order valence-corrected chi connectivity index (χ0v) is 9.02. The van der Waals surface area contributed by atoms with Gasteiger partial charge in [-0.25, -0.2) is 9.37 Å². The Labute approximate surface area is 93.2 Å². The largest absolute Gasteiger partial charge is 0.396 e. The number of imidazole rings is 1. The van der Waals surface area contributed by atoms with E-state index >= 15 is 0 Å². The Morgan fingerprint density at radius 3 is 2.81 bits per heavy atom. The van der Waals surface area contributed by atoms with Crippen LogP contribution in [0.1, 0.15) is 11.4 Å². The van der Waals surface area contributed by atoms with Crippen LogP contribution in [0.25, 0.3) is 5.69 Å². The molecule has 0 unspecified atom stereocenters. The number of aliphatic hydroxyl groups is 1. The van der Waals surface area contributed by atoms with Gasteiger partial charge in [0.1, 0.15) is 11.6 Å². The Hall–Kier alpha value is -1.68. The molecule has 0 aliphatic rings. The highest BCUT2D eigenvalue weighted by Gasteiger charge is 2.07. The van der Waals surface area contributed by atoms with Gasteiger partial charge in [-0.1, -0.05) is 6.07 Å². The molecule has 4 heteroatoms. The van der Waals surface area contributed by atoms with Crippen LogP contribution in [0, 0.1) is 12.7 Å². The molecule has 84 valence electrons. The molecule has 0 fully saturated rings. The van der Waals surface area contributed by atoms with E-state index in [1.165, 1.54) is 6.07 Å². The predicted molar refractivity (Wildman–Crippen MR) is 59.0 cm³/mol. The molecule has 0 amide bonds. The average molecular weight is 220 g/mol. The van der Waals surface area contributed by atoms with Gasteiger partial charge >= 0.3 is 0 Å². The topological polar surface area (TPSA) is 38.0 Å². The number of rotatable bonds is 3. The van der Waals surface area contributed by atoms with Crippen molar-refractivity contribution in [2.24, 2.45) is 0 Å². The summed E-state index contributed by atoms with van der Waals surface area (Å²) in [6.45, 7) is 1.85. The van der Waals surface area contributed by atoms with Crippen LogP contribution >= 0.6 is 0 Å². The van der Waals surface area contributed by atoms with Crippen LogP contribution in [0.5, 0.6) is 0 Å². The summed E-state index contributed by atoms with van der Waals surface area (Å²) in [6.07, 6.45) is 3.83. The second-order valence-electron chi connectivity index (χ2n) is 3.60. The molecule has 0 aliphatic carbocycles. The minimum atomic E-state index is -0.299. The number of aromatic nitrogens is 2. The van der Waals surface area contributed by atoms with E-state index in [4.69, 9.17) is 5.11 Å². The second kappa shape index (κ2) is 4.45. The van der Waals surface area contributed by atoms with E-state index in [0.29, 0.717) is 12.1 Å². The van der Waals surface area contributed by atoms with Gasteiger partial charge in [0.2, 0.25) is 0 Å². The van der Waals surface area contributed by atoms with Crippen LogP contribution in [0.3, 0.4) is 0 Å². The SMILES string of the molecule is Cc1nccn1-c1ccc(CCO)cc1F. The van der Waals surface area contributed by atoms with E-state index in [2.05, 4.69) is 4.98 Å². The van der Waals surface area contributed by atoms with Gasteiger partial charge in [0.05, 0.1) is 5.69 Å². The third-order valence-corrected chi connectivity index (χ3v) is 2.50. The molecule has 1 N–H and O–H groups in total. The molecule has 1 aromatic carbocycles. The van der Waals surface area contributed by atoms with Crippen molar-refractivity contribution in [1.82, 2.24) is 9.55 Å². The summed E-state index contributed by atoms with van der Waals surface area (Å²) in [4.78, 5) is 4.05. The molecule has 0 radical (unpaired) electrons. The van der Waals surface area contributed by atoms with Crippen LogP contribution < -0.4 is 0 Å². The Kier molecular flexibility index (Phi) is 3.01. The Balaban J connectivity index is 2.40. The van der Waals surface area contributed by atoms with E-state index in [0.717, 1.165) is 11.4 Å². The molecule has 16 heavy (non-hydrogen) atoms. The first-order valence-electron chi connectivity index (χ1n) is 5.12. The normalized spacial score (nSPS) is 10.7. The van der Waals surface area contributed by atoms with E-state index in [-0.39, 0.29) is 12.4 Å². The number of benzene rings is 1. The number of halogens is 1. The number of hydrogen-bond acceptors (Lipinski definition) is 2. The van der Waals surface area contributed by atoms with E-state index < -0.39 is 0 Å². The average Bonchev–Trinajstić information content (AvgIpc) is 2.65. The highest BCUT2D eigenvalue weighted by molar-refractivity contribution is 5.37. The number of aliphatic hydroxyl groups excluding tert-OH is 1. The molecule has 2 aromatic rings. The van der Waals surface area contributed by atoms with Crippen LogP contribution in [0.4, 0.5) is 4.39 Å². The van der Waals surface area contributed by atoms with Crippen LogP contribution in [-0.4, -0.2) is 21.3 Å². The third-order valence-electron chi connectivity index (χ3n) is 2.50. The molecule has 2 rings (SSSR count). The maximum atomic E-state index is 13.8. The molecule has 0 spiro atoms. The Bertz CT molecular complexity index is 494. The molecule has 0 bridgehead atoms. The first kappa shape index (κ1) is 10.8. The van der Waals surface area contributed by atoms with E-state index in [1.54, 1.807) is 23.0 Å². The van der Waals surface area contributed by atoms with Gasteiger partial charge in [0, 0.05) is 19.0 Å². The van der Waals surface area contributed by atoms with Crippen molar-refractivity contribution in [3.05, 3.63) is 47.8 Å². The highest BCUT2D eigenvalue weighted by atomic mass is 19.1. The lowest BCUT2D eigenvalue weighted by molar-refractivity contribution is 0.299. The lowest BCUT2D eigenvalue weighted by Gasteiger charge is -2.07. The minimum Gasteiger partial charge on any atom is -0.396 e. The molecule has 1 aromatic heterocycles. The molecule has 1 heterocycles. The van der Waals surface area contributed by atoms with Gasteiger partial charge in [-0.2, -0.15) is 0 Å². The summed E-state index contributed by atoms with van der Waals surface area (Å²) in [7, 11) is 0. The number of hydrogen-bond donors (Lipinski definition) is 1. The van der Waals surface area contributed by atoms with Gasteiger partial charge in [0.25, 0.3) is 0 Å². The standard InChI is InChI=1S/C12H13FN2O/c1-9-14-5-6-15(9)12-3-2-10(4-7-16)8-11(12)13/h2-3,5-6,8,16H,4,7H2,1H3. The molecular formula is C12H13FN2O. The van der Waals surface area contributed by atoms with Crippen LogP contribution in [0.15, 0.2) is 30.6 Å². The predicted octanol–water partition coefficient (Wildman–Crippen LogP) is 1.85. The van der Waals surface area contributed by atoms with Crippen LogP contribution in [-0.2, 0) is 6.42 Å². The second-order valence-corrected chi connectivity index (χ2v) is 3.60. The molecule has 0 aliphatic heterocycles. The first-order valence-corrected chi connectivity index (χ1v) is 5.12. The maximum Gasteiger partial charge on any atom is 0.147 e. The van der Waals surface area contributed by atoms with Gasteiger partial charge in [-0.15, -0.1) is 0 Å². The van der Waals surface area contributed by atoms with E-state index in [1.807, 2.05) is 13.0 Å². The summed E-state index contributed by atoms with van der Waals surface area (Å²) < 4.78 is 15.5. The van der Waals surface area contributed by atoms with Crippen molar-refractivity contribution in [3.8, 4) is 5.69 Å². The molecule has 0 saturated heterocycles. The zero-order valence-electron chi connectivity index (χ0n) is 9.02. The fourth-order valence-corrected chi connectivity index (χ4v) is 1.66. The quantitative estimate of drug-likeness (QED) is 0.857. The number of nitrogens with zero attached hydrogens (tertiary/aromatic N) is 2. The van der Waals surface area contributed by atoms with Crippen molar-refractivity contribution in [2.75, 3.05) is 6.61 Å². The van der Waals surface area contributed by atoms with Gasteiger partial charge in [-0.05, 0) is 31.0 Å². The smallest absolute Gasteiger partial charge is 0.147 e. The van der Waals surface area contributed by atoms with E-state index in [9.17, 15) is 4.39 Å². The summed E-state index contributed by atoms with van der Waals surface area (Å²) >= 11 is 0. The van der Waals surface area contributed by atoms with Gasteiger partial charge in [0.15, 0.2) is 0 Å². The molecular weight excluding hydrogens is 207 g/mol. The fourth-order valence-electron chi connectivity index (χ4n) is 1.66. The summed E-state index contributed by atoms with van der Waals surface area (Å²) in [5, 5.41) is 8.77. The number of aryl methyl sites for hydroxylation is 1. The van der Waals surface area contributed by atoms with Crippen molar-refractivity contribution in [1.29, 1.82) is 0 Å². The zero-order chi connectivity index (χ0) is 11.5. The van der Waals surface area contributed by atoms with Gasteiger partial charge < -0.3 is 9.67 Å². The summed E-state index contributed by atoms with van der Waals surface area (Å²) in [6, 6.07) is 4.97. The monoisotopic (exact) mass is 220 g/mol. The minimum absolute atomic E-state index is 0.0306. The highest BCUT2D eigenvalue weighted by Crippen LogP contribution is 2.16.